The zero-order valence-corrected chi connectivity index (χ0v) is 14.8. The van der Waals surface area contributed by atoms with E-state index in [4.69, 9.17) is 4.74 Å². The summed E-state index contributed by atoms with van der Waals surface area (Å²) in [6.07, 6.45) is 3.66. The maximum Gasteiger partial charge on any atom is 0.329 e. The van der Waals surface area contributed by atoms with E-state index in [1.807, 2.05) is 34.6 Å². The fraction of sp³-hybridized carbons (Fsp3) is 0.882. The van der Waals surface area contributed by atoms with Crippen molar-refractivity contribution in [3.63, 3.8) is 0 Å². The Labute approximate surface area is 130 Å². The van der Waals surface area contributed by atoms with Crippen LogP contribution in [0.25, 0.3) is 0 Å². The van der Waals surface area contributed by atoms with Crippen molar-refractivity contribution in [2.45, 2.75) is 85.8 Å². The first-order valence-corrected chi connectivity index (χ1v) is 8.15. The van der Waals surface area contributed by atoms with Crippen molar-refractivity contribution in [3.8, 4) is 0 Å². The number of hydrogen-bond donors (Lipinski definition) is 1. The lowest BCUT2D eigenvalue weighted by molar-refractivity contribution is -0.160. The molecule has 0 spiro atoms. The highest BCUT2D eigenvalue weighted by atomic mass is 16.6. The molecule has 1 N–H and O–H groups in total. The van der Waals surface area contributed by atoms with E-state index in [2.05, 4.69) is 19.2 Å². The average molecular weight is 299 g/mol. The molecule has 0 aliphatic heterocycles. The third-order valence-corrected chi connectivity index (χ3v) is 3.27. The average Bonchev–Trinajstić information content (AvgIpc) is 2.32. The van der Waals surface area contributed by atoms with E-state index in [0.717, 1.165) is 25.7 Å². The van der Waals surface area contributed by atoms with Crippen molar-refractivity contribution < 1.29 is 14.3 Å². The molecule has 0 saturated carbocycles. The summed E-state index contributed by atoms with van der Waals surface area (Å²) < 4.78 is 5.41. The van der Waals surface area contributed by atoms with Crippen LogP contribution in [0.4, 0.5) is 0 Å². The lowest BCUT2D eigenvalue weighted by Gasteiger charge is -2.27. The van der Waals surface area contributed by atoms with Crippen molar-refractivity contribution in [3.05, 3.63) is 0 Å². The number of rotatable bonds is 8. The Hall–Kier alpha value is -1.06. The Morgan fingerprint density at radius 2 is 1.52 bits per heavy atom. The molecule has 1 amide bonds. The van der Waals surface area contributed by atoms with Crippen molar-refractivity contribution in [2.75, 3.05) is 0 Å². The highest BCUT2D eigenvalue weighted by Crippen LogP contribution is 2.16. The summed E-state index contributed by atoms with van der Waals surface area (Å²) in [5.74, 6) is -0.378. The van der Waals surface area contributed by atoms with Gasteiger partial charge >= 0.3 is 5.97 Å². The quantitative estimate of drug-likeness (QED) is 0.695. The monoisotopic (exact) mass is 299 g/mol. The van der Waals surface area contributed by atoms with E-state index in [1.54, 1.807) is 0 Å². The summed E-state index contributed by atoms with van der Waals surface area (Å²) in [4.78, 5) is 24.6. The van der Waals surface area contributed by atoms with E-state index in [-0.39, 0.29) is 23.7 Å². The SMILES string of the molecule is CCCC(CCC)C(=O)N[C@H](C(=O)OC(C)(C)C)C(C)C. The second kappa shape index (κ2) is 9.06. The number of nitrogens with one attached hydrogen (secondary N) is 1. The van der Waals surface area contributed by atoms with Gasteiger partial charge in [-0.2, -0.15) is 0 Å². The van der Waals surface area contributed by atoms with E-state index in [9.17, 15) is 9.59 Å². The van der Waals surface area contributed by atoms with Crippen molar-refractivity contribution in [1.29, 1.82) is 0 Å². The van der Waals surface area contributed by atoms with Gasteiger partial charge in [0.15, 0.2) is 0 Å². The molecule has 0 unspecified atom stereocenters. The predicted molar refractivity (Wildman–Crippen MR) is 85.9 cm³/mol. The Morgan fingerprint density at radius 3 is 1.86 bits per heavy atom. The number of carbonyl (C=O) groups excluding carboxylic acids is 2. The van der Waals surface area contributed by atoms with Gasteiger partial charge in [-0.3, -0.25) is 4.79 Å². The zero-order chi connectivity index (χ0) is 16.6. The number of esters is 1. The van der Waals surface area contributed by atoms with E-state index in [0.29, 0.717) is 0 Å². The van der Waals surface area contributed by atoms with E-state index < -0.39 is 11.6 Å². The first-order chi connectivity index (χ1) is 9.62. The number of ether oxygens (including phenoxy) is 1. The molecule has 4 nitrogen and oxygen atoms in total. The van der Waals surface area contributed by atoms with Crippen LogP contribution in [0.5, 0.6) is 0 Å². The third-order valence-electron chi connectivity index (χ3n) is 3.27. The molecule has 0 rings (SSSR count). The molecule has 0 saturated heterocycles. The summed E-state index contributed by atoms with van der Waals surface area (Å²) in [7, 11) is 0. The smallest absolute Gasteiger partial charge is 0.329 e. The largest absolute Gasteiger partial charge is 0.458 e. The Bertz CT molecular complexity index is 325. The molecule has 0 bridgehead atoms. The Morgan fingerprint density at radius 1 is 1.05 bits per heavy atom. The first-order valence-electron chi connectivity index (χ1n) is 8.15. The minimum absolute atomic E-state index is 0.00713. The van der Waals surface area contributed by atoms with Crippen LogP contribution < -0.4 is 5.32 Å². The Kier molecular flexibility index (Phi) is 8.60. The molecule has 0 aromatic rings. The van der Waals surface area contributed by atoms with Gasteiger partial charge in [-0.25, -0.2) is 4.79 Å². The van der Waals surface area contributed by atoms with Crippen LogP contribution in [0.1, 0.15) is 74.1 Å². The summed E-state index contributed by atoms with van der Waals surface area (Å²) >= 11 is 0. The fourth-order valence-corrected chi connectivity index (χ4v) is 2.24. The van der Waals surface area contributed by atoms with Gasteiger partial charge in [0.25, 0.3) is 0 Å². The molecule has 0 aromatic carbocycles. The molecule has 0 aromatic heterocycles. The molecular weight excluding hydrogens is 266 g/mol. The minimum atomic E-state index is -0.576. The van der Waals surface area contributed by atoms with Crippen LogP contribution in [-0.2, 0) is 14.3 Å². The molecule has 0 aliphatic rings. The summed E-state index contributed by atoms with van der Waals surface area (Å²) in [5, 5.41) is 2.90. The molecule has 21 heavy (non-hydrogen) atoms. The molecule has 0 heterocycles. The minimum Gasteiger partial charge on any atom is -0.458 e. The maximum absolute atomic E-state index is 12.4. The van der Waals surface area contributed by atoms with E-state index >= 15 is 0 Å². The zero-order valence-electron chi connectivity index (χ0n) is 14.8. The number of amides is 1. The van der Waals surface area contributed by atoms with Gasteiger partial charge in [0.1, 0.15) is 11.6 Å². The van der Waals surface area contributed by atoms with Gasteiger partial charge in [-0.15, -0.1) is 0 Å². The van der Waals surface area contributed by atoms with Gasteiger partial charge in [-0.05, 0) is 39.5 Å². The van der Waals surface area contributed by atoms with Gasteiger partial charge in [0, 0.05) is 5.92 Å². The third kappa shape index (κ3) is 8.08. The Balaban J connectivity index is 4.83. The summed E-state index contributed by atoms with van der Waals surface area (Å²) in [6.45, 7) is 13.5. The lowest BCUT2D eigenvalue weighted by atomic mass is 9.95. The summed E-state index contributed by atoms with van der Waals surface area (Å²) in [6, 6.07) is -0.576. The maximum atomic E-state index is 12.4. The molecule has 0 radical (unpaired) electrons. The molecule has 0 aliphatic carbocycles. The second-order valence-corrected chi connectivity index (χ2v) is 7.04. The van der Waals surface area contributed by atoms with Crippen LogP contribution >= 0.6 is 0 Å². The highest BCUT2D eigenvalue weighted by molar-refractivity contribution is 5.86. The van der Waals surface area contributed by atoms with Crippen molar-refractivity contribution in [1.82, 2.24) is 5.32 Å². The molecule has 0 fully saturated rings. The van der Waals surface area contributed by atoms with Gasteiger partial charge in [0.05, 0.1) is 0 Å². The topological polar surface area (TPSA) is 55.4 Å². The van der Waals surface area contributed by atoms with Gasteiger partial charge in [-0.1, -0.05) is 40.5 Å². The van der Waals surface area contributed by atoms with E-state index in [1.165, 1.54) is 0 Å². The lowest BCUT2D eigenvalue weighted by Crippen LogP contribution is -2.49. The number of hydrogen-bond acceptors (Lipinski definition) is 3. The number of carbonyl (C=O) groups is 2. The van der Waals surface area contributed by atoms with Gasteiger partial charge in [0.2, 0.25) is 5.91 Å². The second-order valence-electron chi connectivity index (χ2n) is 7.04. The van der Waals surface area contributed by atoms with Crippen LogP contribution in [0.3, 0.4) is 0 Å². The van der Waals surface area contributed by atoms with Crippen LogP contribution in [0.2, 0.25) is 0 Å². The molecule has 4 heteroatoms. The molecule has 1 atom stereocenters. The van der Waals surface area contributed by atoms with Crippen LogP contribution in [0.15, 0.2) is 0 Å². The van der Waals surface area contributed by atoms with Crippen LogP contribution in [-0.4, -0.2) is 23.5 Å². The first kappa shape index (κ1) is 19.9. The highest BCUT2D eigenvalue weighted by Gasteiger charge is 2.30. The normalized spacial score (nSPS) is 13.4. The molecular formula is C17H33NO3. The molecule has 124 valence electrons. The standard InChI is InChI=1S/C17H33NO3/c1-8-10-13(11-9-2)15(19)18-14(12(3)4)16(20)21-17(5,6)7/h12-14H,8-11H2,1-7H3,(H,18,19)/t14-/m0/s1. The van der Waals surface area contributed by atoms with Crippen molar-refractivity contribution in [2.24, 2.45) is 11.8 Å². The predicted octanol–water partition coefficient (Wildman–Crippen LogP) is 3.69. The summed E-state index contributed by atoms with van der Waals surface area (Å²) in [5.41, 5.74) is -0.540. The van der Waals surface area contributed by atoms with Crippen LogP contribution in [0, 0.1) is 11.8 Å². The fourth-order valence-electron chi connectivity index (χ4n) is 2.24. The van der Waals surface area contributed by atoms with Gasteiger partial charge < -0.3 is 10.1 Å². The van der Waals surface area contributed by atoms with Crippen molar-refractivity contribution >= 4 is 11.9 Å².